The Morgan fingerprint density at radius 3 is 2.19 bits per heavy atom. The Kier molecular flexibility index (Phi) is 6.20. The van der Waals surface area contributed by atoms with Crippen molar-refractivity contribution in [3.05, 3.63) is 29.8 Å². The van der Waals surface area contributed by atoms with E-state index < -0.39 is 23.6 Å². The van der Waals surface area contributed by atoms with Gasteiger partial charge in [0.2, 0.25) is 0 Å². The maximum absolute atomic E-state index is 12.4. The van der Waals surface area contributed by atoms with Crippen molar-refractivity contribution >= 4 is 17.5 Å². The van der Waals surface area contributed by atoms with Gasteiger partial charge in [-0.15, -0.1) is 0 Å². The van der Waals surface area contributed by atoms with Crippen LogP contribution in [0, 0.1) is 0 Å². The second kappa shape index (κ2) is 7.66. The lowest BCUT2D eigenvalue weighted by Crippen LogP contribution is -2.35. The quantitative estimate of drug-likeness (QED) is 0.649. The van der Waals surface area contributed by atoms with Crippen LogP contribution in [0.25, 0.3) is 0 Å². The van der Waals surface area contributed by atoms with Gasteiger partial charge in [0.15, 0.2) is 0 Å². The second-order valence-electron chi connectivity index (χ2n) is 4.49. The minimum Gasteiger partial charge on any atom is -0.348 e. The summed E-state index contributed by atoms with van der Waals surface area (Å²) in [5.41, 5.74) is -0.679. The van der Waals surface area contributed by atoms with E-state index in [1.165, 1.54) is 0 Å². The molecule has 7 heteroatoms. The summed E-state index contributed by atoms with van der Waals surface area (Å²) in [7, 11) is 0. The van der Waals surface area contributed by atoms with Gasteiger partial charge in [0.05, 0.1) is 5.56 Å². The van der Waals surface area contributed by atoms with Crippen molar-refractivity contribution in [1.29, 1.82) is 0 Å². The molecule has 0 saturated carbocycles. The van der Waals surface area contributed by atoms with Crippen LogP contribution >= 0.6 is 0 Å². The zero-order valence-electron chi connectivity index (χ0n) is 11.6. The maximum Gasteiger partial charge on any atom is 0.416 e. The highest BCUT2D eigenvalue weighted by atomic mass is 19.4. The van der Waals surface area contributed by atoms with Crippen molar-refractivity contribution in [3.8, 4) is 0 Å². The molecule has 0 saturated heterocycles. The maximum atomic E-state index is 12.4. The lowest BCUT2D eigenvalue weighted by Gasteiger charge is -2.09. The molecular weight excluding hydrogens is 285 g/mol. The lowest BCUT2D eigenvalue weighted by molar-refractivity contribution is -0.137. The Bertz CT molecular complexity index is 484. The first kappa shape index (κ1) is 17.0. The molecule has 0 spiro atoms. The molecule has 4 nitrogen and oxygen atoms in total. The topological polar surface area (TPSA) is 58.2 Å². The molecule has 0 unspecified atom stereocenters. The Balaban J connectivity index is 2.49. The molecule has 0 fully saturated rings. The Morgan fingerprint density at radius 1 is 1.05 bits per heavy atom. The fraction of sp³-hybridized carbons (Fsp3) is 0.429. The van der Waals surface area contributed by atoms with Crippen LogP contribution in [0.5, 0.6) is 0 Å². The summed E-state index contributed by atoms with van der Waals surface area (Å²) < 4.78 is 37.1. The van der Waals surface area contributed by atoms with Gasteiger partial charge in [-0.05, 0) is 30.7 Å². The highest BCUT2D eigenvalue weighted by Crippen LogP contribution is 2.29. The van der Waals surface area contributed by atoms with Crippen LogP contribution in [-0.2, 0) is 15.8 Å². The molecule has 0 aliphatic rings. The number of anilines is 1. The largest absolute Gasteiger partial charge is 0.416 e. The summed E-state index contributed by atoms with van der Waals surface area (Å²) in [6, 6.07) is 3.89. The van der Waals surface area contributed by atoms with Crippen molar-refractivity contribution in [3.63, 3.8) is 0 Å². The zero-order chi connectivity index (χ0) is 15.9. The Morgan fingerprint density at radius 2 is 1.67 bits per heavy atom. The number of alkyl halides is 3. The first-order valence-corrected chi connectivity index (χ1v) is 6.61. The van der Waals surface area contributed by atoms with E-state index in [1.54, 1.807) is 0 Å². The molecule has 0 aliphatic heterocycles. The van der Waals surface area contributed by atoms with Crippen LogP contribution in [0.15, 0.2) is 24.3 Å². The van der Waals surface area contributed by atoms with Crippen molar-refractivity contribution in [2.45, 2.75) is 32.4 Å². The summed E-state index contributed by atoms with van der Waals surface area (Å²) in [5.74, 6) is -1.70. The van der Waals surface area contributed by atoms with Gasteiger partial charge in [-0.1, -0.05) is 19.8 Å². The highest BCUT2D eigenvalue weighted by Gasteiger charge is 2.30. The average Bonchev–Trinajstić information content (AvgIpc) is 2.43. The number of hydrogen-bond acceptors (Lipinski definition) is 2. The molecule has 0 heterocycles. The molecular formula is C14H17F3N2O2. The molecule has 0 atom stereocenters. The van der Waals surface area contributed by atoms with E-state index >= 15 is 0 Å². The molecule has 1 aromatic rings. The van der Waals surface area contributed by atoms with Gasteiger partial charge in [-0.2, -0.15) is 13.2 Å². The first-order chi connectivity index (χ1) is 9.84. The molecule has 0 aromatic heterocycles. The molecule has 1 aromatic carbocycles. The van der Waals surface area contributed by atoms with Crippen LogP contribution in [0.3, 0.4) is 0 Å². The summed E-state index contributed by atoms with van der Waals surface area (Å²) >= 11 is 0. The summed E-state index contributed by atoms with van der Waals surface area (Å²) in [5, 5.41) is 4.69. The fourth-order valence-corrected chi connectivity index (χ4v) is 1.59. The number of amides is 2. The van der Waals surface area contributed by atoms with Crippen LogP contribution in [0.1, 0.15) is 31.7 Å². The standard InChI is InChI=1S/C14H17F3N2O2/c1-2-3-4-9-18-12(20)13(21)19-11-7-5-10(6-8-11)14(15,16)17/h5-8H,2-4,9H2,1H3,(H,18,20)(H,19,21). The number of nitrogens with one attached hydrogen (secondary N) is 2. The third kappa shape index (κ3) is 5.85. The van der Waals surface area contributed by atoms with E-state index in [4.69, 9.17) is 0 Å². The second-order valence-corrected chi connectivity index (χ2v) is 4.49. The Labute approximate surface area is 120 Å². The molecule has 116 valence electrons. The summed E-state index contributed by atoms with van der Waals surface area (Å²) in [6.07, 6.45) is -1.72. The number of rotatable bonds is 5. The van der Waals surface area contributed by atoms with Crippen molar-refractivity contribution in [2.75, 3.05) is 11.9 Å². The molecule has 1 rings (SSSR count). The van der Waals surface area contributed by atoms with E-state index in [-0.39, 0.29) is 5.69 Å². The minimum atomic E-state index is -4.43. The number of benzene rings is 1. The van der Waals surface area contributed by atoms with Gasteiger partial charge in [0.25, 0.3) is 0 Å². The van der Waals surface area contributed by atoms with Gasteiger partial charge < -0.3 is 10.6 Å². The number of unbranched alkanes of at least 4 members (excludes halogenated alkanes) is 2. The van der Waals surface area contributed by atoms with Gasteiger partial charge >= 0.3 is 18.0 Å². The van der Waals surface area contributed by atoms with Crippen LogP contribution < -0.4 is 10.6 Å². The summed E-state index contributed by atoms with van der Waals surface area (Å²) in [4.78, 5) is 22.9. The van der Waals surface area contributed by atoms with Crippen LogP contribution in [0.2, 0.25) is 0 Å². The van der Waals surface area contributed by atoms with Crippen LogP contribution in [0.4, 0.5) is 18.9 Å². The number of carbonyl (C=O) groups excluding carboxylic acids is 2. The number of carbonyl (C=O) groups is 2. The third-order valence-corrected chi connectivity index (χ3v) is 2.74. The molecule has 0 bridgehead atoms. The van der Waals surface area contributed by atoms with E-state index in [2.05, 4.69) is 10.6 Å². The van der Waals surface area contributed by atoms with Crippen molar-refractivity contribution in [2.24, 2.45) is 0 Å². The zero-order valence-corrected chi connectivity index (χ0v) is 11.6. The van der Waals surface area contributed by atoms with Gasteiger partial charge in [-0.3, -0.25) is 9.59 Å². The van der Waals surface area contributed by atoms with E-state index in [0.717, 1.165) is 43.5 Å². The lowest BCUT2D eigenvalue weighted by atomic mass is 10.2. The molecule has 21 heavy (non-hydrogen) atoms. The minimum absolute atomic E-state index is 0.136. The van der Waals surface area contributed by atoms with E-state index in [0.29, 0.717) is 6.54 Å². The van der Waals surface area contributed by atoms with Crippen LogP contribution in [-0.4, -0.2) is 18.4 Å². The van der Waals surface area contributed by atoms with E-state index in [1.807, 2.05) is 6.92 Å². The van der Waals surface area contributed by atoms with Crippen molar-refractivity contribution < 1.29 is 22.8 Å². The van der Waals surface area contributed by atoms with Gasteiger partial charge in [-0.25, -0.2) is 0 Å². The average molecular weight is 302 g/mol. The number of hydrogen-bond donors (Lipinski definition) is 2. The fourth-order valence-electron chi connectivity index (χ4n) is 1.59. The number of halogens is 3. The molecule has 2 amide bonds. The van der Waals surface area contributed by atoms with E-state index in [9.17, 15) is 22.8 Å². The van der Waals surface area contributed by atoms with Crippen molar-refractivity contribution in [1.82, 2.24) is 5.32 Å². The predicted molar refractivity (Wildman–Crippen MR) is 72.6 cm³/mol. The normalized spacial score (nSPS) is 11.0. The Hall–Kier alpha value is -2.05. The molecule has 2 N–H and O–H groups in total. The monoisotopic (exact) mass is 302 g/mol. The molecule has 0 radical (unpaired) electrons. The predicted octanol–water partition coefficient (Wildman–Crippen LogP) is 2.95. The highest BCUT2D eigenvalue weighted by molar-refractivity contribution is 6.39. The van der Waals surface area contributed by atoms with Gasteiger partial charge in [0.1, 0.15) is 0 Å². The third-order valence-electron chi connectivity index (χ3n) is 2.74. The summed E-state index contributed by atoms with van der Waals surface area (Å²) in [6.45, 7) is 2.41. The van der Waals surface area contributed by atoms with Gasteiger partial charge in [0, 0.05) is 12.2 Å². The first-order valence-electron chi connectivity index (χ1n) is 6.61. The smallest absolute Gasteiger partial charge is 0.348 e. The SMILES string of the molecule is CCCCCNC(=O)C(=O)Nc1ccc(C(F)(F)F)cc1. The molecule has 0 aliphatic carbocycles.